The maximum Gasteiger partial charge on any atom is 0.151 e. The van der Waals surface area contributed by atoms with Gasteiger partial charge < -0.3 is 0 Å². The fourth-order valence-corrected chi connectivity index (χ4v) is 3.40. The second kappa shape index (κ2) is 5.88. The average Bonchev–Trinajstić information content (AvgIpc) is 2.37. The van der Waals surface area contributed by atoms with Crippen LogP contribution in [-0.2, 0) is 20.9 Å². The summed E-state index contributed by atoms with van der Waals surface area (Å²) >= 11 is 3.47. The first kappa shape index (κ1) is 14.3. The number of sulfone groups is 1. The van der Waals surface area contributed by atoms with Crippen LogP contribution in [0.5, 0.6) is 0 Å². The average molecular weight is 339 g/mol. The summed E-state index contributed by atoms with van der Waals surface area (Å²) in [6.45, 7) is 0. The minimum atomic E-state index is -3.04. The molecular formula is C15H15BrO2S. The molecule has 0 aromatic heterocycles. The number of hydrogen-bond acceptors (Lipinski definition) is 2. The Morgan fingerprint density at radius 2 is 1.37 bits per heavy atom. The molecule has 2 nitrogen and oxygen atoms in total. The summed E-state index contributed by atoms with van der Waals surface area (Å²) < 4.78 is 23.1. The quantitative estimate of drug-likeness (QED) is 0.794. The molecule has 4 heteroatoms. The molecule has 2 aromatic carbocycles. The number of rotatable bonds is 4. The SMILES string of the molecule is CS(=O)(=O)Cc1ccccc1-c1ccccc1CBr. The van der Waals surface area contributed by atoms with Gasteiger partial charge in [0.15, 0.2) is 9.84 Å². The zero-order valence-electron chi connectivity index (χ0n) is 10.6. The van der Waals surface area contributed by atoms with E-state index in [9.17, 15) is 8.42 Å². The van der Waals surface area contributed by atoms with Gasteiger partial charge in [-0.05, 0) is 22.3 Å². The lowest BCUT2D eigenvalue weighted by Crippen LogP contribution is -2.02. The predicted molar refractivity (Wildman–Crippen MR) is 83.1 cm³/mol. The molecule has 0 N–H and O–H groups in total. The van der Waals surface area contributed by atoms with Crippen LogP contribution in [0.15, 0.2) is 48.5 Å². The lowest BCUT2D eigenvalue weighted by molar-refractivity contribution is 0.601. The highest BCUT2D eigenvalue weighted by molar-refractivity contribution is 9.08. The molecular weight excluding hydrogens is 324 g/mol. The minimum absolute atomic E-state index is 0.0692. The first-order valence-electron chi connectivity index (χ1n) is 5.91. The van der Waals surface area contributed by atoms with E-state index in [4.69, 9.17) is 0 Å². The van der Waals surface area contributed by atoms with Gasteiger partial charge in [0, 0.05) is 11.6 Å². The highest BCUT2D eigenvalue weighted by Gasteiger charge is 2.12. The second-order valence-electron chi connectivity index (χ2n) is 4.52. The number of alkyl halides is 1. The molecule has 2 rings (SSSR count). The maximum atomic E-state index is 11.5. The molecule has 0 heterocycles. The molecule has 0 spiro atoms. The molecule has 0 atom stereocenters. The topological polar surface area (TPSA) is 34.1 Å². The van der Waals surface area contributed by atoms with Crippen molar-refractivity contribution in [3.8, 4) is 11.1 Å². The summed E-state index contributed by atoms with van der Waals surface area (Å²) in [5, 5.41) is 0.746. The van der Waals surface area contributed by atoms with Gasteiger partial charge in [0.05, 0.1) is 5.75 Å². The van der Waals surface area contributed by atoms with Gasteiger partial charge in [-0.3, -0.25) is 0 Å². The molecule has 0 amide bonds. The fraction of sp³-hybridized carbons (Fsp3) is 0.200. The van der Waals surface area contributed by atoms with Crippen LogP contribution in [0, 0.1) is 0 Å². The van der Waals surface area contributed by atoms with Crippen molar-refractivity contribution in [3.63, 3.8) is 0 Å². The van der Waals surface area contributed by atoms with E-state index in [0.29, 0.717) is 0 Å². The Bertz CT molecular complexity index is 678. The zero-order valence-corrected chi connectivity index (χ0v) is 13.0. The van der Waals surface area contributed by atoms with E-state index in [1.807, 2.05) is 48.5 Å². The number of halogens is 1. The van der Waals surface area contributed by atoms with Crippen LogP contribution in [0.1, 0.15) is 11.1 Å². The van der Waals surface area contributed by atoms with Gasteiger partial charge in [-0.15, -0.1) is 0 Å². The van der Waals surface area contributed by atoms with Crippen molar-refractivity contribution < 1.29 is 8.42 Å². The van der Waals surface area contributed by atoms with E-state index in [0.717, 1.165) is 27.6 Å². The van der Waals surface area contributed by atoms with E-state index in [-0.39, 0.29) is 5.75 Å². The van der Waals surface area contributed by atoms with E-state index in [1.165, 1.54) is 6.26 Å². The Morgan fingerprint density at radius 1 is 0.895 bits per heavy atom. The molecule has 0 aliphatic carbocycles. The monoisotopic (exact) mass is 338 g/mol. The van der Waals surface area contributed by atoms with Crippen molar-refractivity contribution in [2.24, 2.45) is 0 Å². The van der Waals surface area contributed by atoms with Crippen LogP contribution < -0.4 is 0 Å². The van der Waals surface area contributed by atoms with E-state index >= 15 is 0 Å². The summed E-state index contributed by atoms with van der Waals surface area (Å²) in [5.74, 6) is 0.0692. The zero-order chi connectivity index (χ0) is 13.9. The summed E-state index contributed by atoms with van der Waals surface area (Å²) in [5.41, 5.74) is 4.07. The lowest BCUT2D eigenvalue weighted by Gasteiger charge is -2.12. The molecule has 19 heavy (non-hydrogen) atoms. The van der Waals surface area contributed by atoms with Gasteiger partial charge in [0.25, 0.3) is 0 Å². The van der Waals surface area contributed by atoms with Gasteiger partial charge in [0.2, 0.25) is 0 Å². The minimum Gasteiger partial charge on any atom is -0.229 e. The van der Waals surface area contributed by atoms with Crippen molar-refractivity contribution in [2.75, 3.05) is 6.26 Å². The summed E-state index contributed by atoms with van der Waals surface area (Å²) in [6.07, 6.45) is 1.26. The standard InChI is InChI=1S/C15H15BrO2S/c1-19(17,18)11-13-7-3-5-9-15(13)14-8-4-2-6-12(14)10-16/h2-9H,10-11H2,1H3. The second-order valence-corrected chi connectivity index (χ2v) is 7.22. The maximum absolute atomic E-state index is 11.5. The molecule has 0 bridgehead atoms. The molecule has 0 radical (unpaired) electrons. The molecule has 0 fully saturated rings. The van der Waals surface area contributed by atoms with Crippen molar-refractivity contribution in [2.45, 2.75) is 11.1 Å². The highest BCUT2D eigenvalue weighted by Crippen LogP contribution is 2.29. The van der Waals surface area contributed by atoms with Gasteiger partial charge in [0.1, 0.15) is 0 Å². The largest absolute Gasteiger partial charge is 0.229 e. The van der Waals surface area contributed by atoms with Gasteiger partial charge in [-0.1, -0.05) is 64.5 Å². The summed E-state index contributed by atoms with van der Waals surface area (Å²) in [6, 6.07) is 15.7. The molecule has 100 valence electrons. The third kappa shape index (κ3) is 3.67. The van der Waals surface area contributed by atoms with Crippen LogP contribution in [0.4, 0.5) is 0 Å². The lowest BCUT2D eigenvalue weighted by atomic mass is 9.97. The van der Waals surface area contributed by atoms with E-state index in [1.54, 1.807) is 0 Å². The molecule has 0 saturated heterocycles. The summed E-state index contributed by atoms with van der Waals surface area (Å²) in [7, 11) is -3.04. The van der Waals surface area contributed by atoms with Gasteiger partial charge in [-0.2, -0.15) is 0 Å². The van der Waals surface area contributed by atoms with Crippen LogP contribution >= 0.6 is 15.9 Å². The van der Waals surface area contributed by atoms with Gasteiger partial charge >= 0.3 is 0 Å². The van der Waals surface area contributed by atoms with Crippen molar-refractivity contribution in [3.05, 3.63) is 59.7 Å². The van der Waals surface area contributed by atoms with E-state index in [2.05, 4.69) is 15.9 Å². The van der Waals surface area contributed by atoms with Crippen LogP contribution in [-0.4, -0.2) is 14.7 Å². The predicted octanol–water partition coefficient (Wildman–Crippen LogP) is 3.79. The Kier molecular flexibility index (Phi) is 4.42. The normalized spacial score (nSPS) is 11.5. The molecule has 0 aliphatic heterocycles. The molecule has 2 aromatic rings. The highest BCUT2D eigenvalue weighted by atomic mass is 79.9. The first-order chi connectivity index (χ1) is 9.01. The third-order valence-corrected chi connectivity index (χ3v) is 4.33. The van der Waals surface area contributed by atoms with Crippen molar-refractivity contribution in [1.82, 2.24) is 0 Å². The Labute approximate surface area is 122 Å². The Morgan fingerprint density at radius 3 is 1.89 bits per heavy atom. The third-order valence-electron chi connectivity index (χ3n) is 2.89. The van der Waals surface area contributed by atoms with E-state index < -0.39 is 9.84 Å². The Balaban J connectivity index is 2.56. The van der Waals surface area contributed by atoms with Crippen molar-refractivity contribution in [1.29, 1.82) is 0 Å². The van der Waals surface area contributed by atoms with Crippen molar-refractivity contribution >= 4 is 25.8 Å². The Hall–Kier alpha value is -1.13. The summed E-state index contributed by atoms with van der Waals surface area (Å²) in [4.78, 5) is 0. The molecule has 0 aliphatic rings. The smallest absolute Gasteiger partial charge is 0.151 e. The number of benzene rings is 2. The first-order valence-corrected chi connectivity index (χ1v) is 9.09. The van der Waals surface area contributed by atoms with Crippen LogP contribution in [0.3, 0.4) is 0 Å². The van der Waals surface area contributed by atoms with Crippen LogP contribution in [0.2, 0.25) is 0 Å². The van der Waals surface area contributed by atoms with Gasteiger partial charge in [-0.25, -0.2) is 8.42 Å². The van der Waals surface area contributed by atoms with Crippen LogP contribution in [0.25, 0.3) is 11.1 Å². The molecule has 0 saturated carbocycles. The fourth-order valence-electron chi connectivity index (χ4n) is 2.09. The number of hydrogen-bond donors (Lipinski definition) is 0. The molecule has 0 unspecified atom stereocenters.